The van der Waals surface area contributed by atoms with E-state index in [0.717, 1.165) is 42.9 Å². The van der Waals surface area contributed by atoms with Crippen molar-refractivity contribution in [2.45, 2.75) is 13.1 Å². The first-order chi connectivity index (χ1) is 18.1. The van der Waals surface area contributed by atoms with Crippen LogP contribution in [0.15, 0.2) is 42.9 Å². The summed E-state index contributed by atoms with van der Waals surface area (Å²) in [5.41, 5.74) is 4.31. The number of piperazine rings is 1. The minimum absolute atomic E-state index is 0.254. The summed E-state index contributed by atoms with van der Waals surface area (Å²) in [5, 5.41) is 22.7. The molecule has 14 heteroatoms. The highest BCUT2D eigenvalue weighted by Gasteiger charge is 2.38. The molecule has 11 nitrogen and oxygen atoms in total. The van der Waals surface area contributed by atoms with Crippen molar-refractivity contribution in [3.8, 4) is 5.75 Å². The molecule has 1 amide bonds. The second kappa shape index (κ2) is 10.9. The number of nitrogens with one attached hydrogen (secondary N) is 2. The van der Waals surface area contributed by atoms with Gasteiger partial charge >= 0.3 is 12.1 Å². The summed E-state index contributed by atoms with van der Waals surface area (Å²) < 4.78 is 39.0. The van der Waals surface area contributed by atoms with Gasteiger partial charge in [-0.15, -0.1) is 5.10 Å². The third kappa shape index (κ3) is 5.75. The number of carbonyl (C=O) groups is 2. The van der Waals surface area contributed by atoms with Gasteiger partial charge in [0.25, 0.3) is 5.91 Å². The standard InChI is InChI=1S/C22H23N7O2.C2HF3O2/c1-14-12-29-13-15(11-19(31-2)21(29)25-14)26-22(30)17-3-4-18(28-9-7-23-8-10-28)16-5-6-24-27-20(16)17;3-2(4,5)1(6)7/h3-6,11-13,23H,7-10H2,1-2H3,(H,26,30);(H,6,7). The number of ether oxygens (including phenoxy) is 1. The Balaban J connectivity index is 0.000000426. The molecule has 200 valence electrons. The minimum atomic E-state index is -5.08. The largest absolute Gasteiger partial charge is 0.493 e. The van der Waals surface area contributed by atoms with Gasteiger partial charge in [0.05, 0.1) is 30.3 Å². The van der Waals surface area contributed by atoms with Gasteiger partial charge in [0.15, 0.2) is 11.4 Å². The third-order valence-corrected chi connectivity index (χ3v) is 5.72. The Labute approximate surface area is 214 Å². The predicted molar refractivity (Wildman–Crippen MR) is 133 cm³/mol. The summed E-state index contributed by atoms with van der Waals surface area (Å²) in [5.74, 6) is -2.42. The van der Waals surface area contributed by atoms with Gasteiger partial charge in [0, 0.05) is 55.7 Å². The molecule has 1 fully saturated rings. The van der Waals surface area contributed by atoms with Crippen LogP contribution in [0.1, 0.15) is 16.1 Å². The van der Waals surface area contributed by atoms with Gasteiger partial charge in [-0.2, -0.15) is 18.3 Å². The number of aliphatic carboxylic acids is 1. The van der Waals surface area contributed by atoms with Gasteiger partial charge in [0.1, 0.15) is 5.52 Å². The normalized spacial score (nSPS) is 13.7. The number of aryl methyl sites for hydroxylation is 1. The number of amides is 1. The lowest BCUT2D eigenvalue weighted by Crippen LogP contribution is -2.43. The Hall–Kier alpha value is -4.46. The maximum atomic E-state index is 13.2. The molecule has 4 heterocycles. The zero-order valence-electron chi connectivity index (χ0n) is 20.4. The number of nitrogens with zero attached hydrogens (tertiary/aromatic N) is 5. The Morgan fingerprint density at radius 2 is 1.87 bits per heavy atom. The number of anilines is 2. The molecule has 1 saturated heterocycles. The topological polar surface area (TPSA) is 134 Å². The summed E-state index contributed by atoms with van der Waals surface area (Å²) in [7, 11) is 1.59. The van der Waals surface area contributed by atoms with Crippen LogP contribution in [0, 0.1) is 6.92 Å². The van der Waals surface area contributed by atoms with Gasteiger partial charge in [-0.1, -0.05) is 0 Å². The molecular formula is C24H24F3N7O4. The molecule has 0 spiro atoms. The molecule has 3 N–H and O–H groups in total. The van der Waals surface area contributed by atoms with Crippen LogP contribution in [0.3, 0.4) is 0 Å². The molecule has 0 atom stereocenters. The van der Waals surface area contributed by atoms with E-state index in [0.29, 0.717) is 28.2 Å². The molecule has 1 aromatic carbocycles. The van der Waals surface area contributed by atoms with Gasteiger partial charge in [0.2, 0.25) is 0 Å². The van der Waals surface area contributed by atoms with E-state index in [2.05, 4.69) is 30.7 Å². The molecule has 0 aliphatic carbocycles. The molecule has 1 aliphatic heterocycles. The van der Waals surface area contributed by atoms with Crippen molar-refractivity contribution in [3.63, 3.8) is 0 Å². The number of methoxy groups -OCH3 is 1. The third-order valence-electron chi connectivity index (χ3n) is 5.72. The van der Waals surface area contributed by atoms with Crippen molar-refractivity contribution in [1.29, 1.82) is 0 Å². The number of imidazole rings is 1. The van der Waals surface area contributed by atoms with Crippen LogP contribution < -0.4 is 20.3 Å². The van der Waals surface area contributed by atoms with Gasteiger partial charge in [-0.05, 0) is 25.1 Å². The number of hydrogen-bond donors (Lipinski definition) is 3. The van der Waals surface area contributed by atoms with E-state index >= 15 is 0 Å². The smallest absolute Gasteiger partial charge is 0.490 e. The molecule has 38 heavy (non-hydrogen) atoms. The number of hydrogen-bond acceptors (Lipinski definition) is 8. The average molecular weight is 531 g/mol. The lowest BCUT2D eigenvalue weighted by Gasteiger charge is -2.30. The summed E-state index contributed by atoms with van der Waals surface area (Å²) >= 11 is 0. The fourth-order valence-electron chi connectivity index (χ4n) is 4.04. The highest BCUT2D eigenvalue weighted by Crippen LogP contribution is 2.29. The summed E-state index contributed by atoms with van der Waals surface area (Å²) in [4.78, 5) is 28.8. The van der Waals surface area contributed by atoms with Crippen LogP contribution in [0.4, 0.5) is 24.5 Å². The van der Waals surface area contributed by atoms with Gasteiger partial charge in [-0.3, -0.25) is 4.79 Å². The molecule has 5 rings (SSSR count). The molecule has 0 radical (unpaired) electrons. The fourth-order valence-corrected chi connectivity index (χ4v) is 4.04. The number of pyridine rings is 1. The van der Waals surface area contributed by atoms with E-state index in [-0.39, 0.29) is 5.91 Å². The first kappa shape index (κ1) is 26.6. The van der Waals surface area contributed by atoms with Crippen LogP contribution in [-0.2, 0) is 4.79 Å². The van der Waals surface area contributed by atoms with E-state index in [1.54, 1.807) is 19.4 Å². The summed E-state index contributed by atoms with van der Waals surface area (Å²) in [6.45, 7) is 5.59. The maximum Gasteiger partial charge on any atom is 0.490 e. The number of fused-ring (bicyclic) bond motifs is 2. The van der Waals surface area contributed by atoms with Crippen LogP contribution >= 0.6 is 0 Å². The second-order valence-electron chi connectivity index (χ2n) is 8.33. The van der Waals surface area contributed by atoms with Crippen LogP contribution in [-0.4, -0.2) is 76.0 Å². The lowest BCUT2D eigenvalue weighted by molar-refractivity contribution is -0.192. The van der Waals surface area contributed by atoms with Crippen LogP contribution in [0.25, 0.3) is 16.6 Å². The highest BCUT2D eigenvalue weighted by molar-refractivity contribution is 6.13. The van der Waals surface area contributed by atoms with E-state index in [9.17, 15) is 18.0 Å². The Bertz CT molecular complexity index is 1480. The predicted octanol–water partition coefficient (Wildman–Crippen LogP) is 2.89. The first-order valence-electron chi connectivity index (χ1n) is 11.4. The number of carbonyl (C=O) groups excluding carboxylic acids is 1. The van der Waals surface area contributed by atoms with Crippen molar-refractivity contribution in [2.24, 2.45) is 0 Å². The Morgan fingerprint density at radius 1 is 1.16 bits per heavy atom. The number of alkyl halides is 3. The van der Waals surface area contributed by atoms with Crippen LogP contribution in [0.5, 0.6) is 5.75 Å². The first-order valence-corrected chi connectivity index (χ1v) is 11.4. The van der Waals surface area contributed by atoms with Crippen molar-refractivity contribution in [2.75, 3.05) is 43.5 Å². The summed E-state index contributed by atoms with van der Waals surface area (Å²) in [6.07, 6.45) is 0.283. The second-order valence-corrected chi connectivity index (χ2v) is 8.33. The Kier molecular flexibility index (Phi) is 7.62. The fraction of sp³-hybridized carbons (Fsp3) is 0.292. The van der Waals surface area contributed by atoms with Crippen molar-refractivity contribution < 1.29 is 32.6 Å². The molecule has 1 aliphatic rings. The minimum Gasteiger partial charge on any atom is -0.493 e. The quantitative estimate of drug-likeness (QED) is 0.363. The molecular weight excluding hydrogens is 507 g/mol. The van der Waals surface area contributed by atoms with Crippen molar-refractivity contribution >= 4 is 39.8 Å². The molecule has 3 aromatic heterocycles. The number of benzene rings is 1. The Morgan fingerprint density at radius 3 is 2.53 bits per heavy atom. The number of halogens is 3. The van der Waals surface area contributed by atoms with E-state index in [4.69, 9.17) is 14.6 Å². The lowest BCUT2D eigenvalue weighted by atomic mass is 10.1. The molecule has 0 unspecified atom stereocenters. The van der Waals surface area contributed by atoms with E-state index in [1.165, 1.54) is 0 Å². The van der Waals surface area contributed by atoms with Crippen molar-refractivity contribution in [1.82, 2.24) is 24.9 Å². The number of rotatable bonds is 4. The molecule has 0 bridgehead atoms. The number of carboxylic acids is 1. The van der Waals surface area contributed by atoms with Crippen molar-refractivity contribution in [3.05, 3.63) is 54.1 Å². The number of carboxylic acid groups (broad SMARTS) is 1. The average Bonchev–Trinajstić information content (AvgIpc) is 3.27. The zero-order valence-corrected chi connectivity index (χ0v) is 20.4. The SMILES string of the molecule is COc1cc(NC(=O)c2ccc(N3CCNCC3)c3ccnnc23)cn2cc(C)nc12.O=C(O)C(F)(F)F. The monoisotopic (exact) mass is 531 g/mol. The molecule has 0 saturated carbocycles. The van der Waals surface area contributed by atoms with E-state index in [1.807, 2.05) is 41.9 Å². The number of aromatic nitrogens is 4. The van der Waals surface area contributed by atoms with Gasteiger partial charge in [-0.25, -0.2) is 9.78 Å². The summed E-state index contributed by atoms with van der Waals surface area (Å²) in [6, 6.07) is 7.50. The van der Waals surface area contributed by atoms with E-state index < -0.39 is 12.1 Å². The highest BCUT2D eigenvalue weighted by atomic mass is 19.4. The zero-order chi connectivity index (χ0) is 27.4. The van der Waals surface area contributed by atoms with Crippen LogP contribution in [0.2, 0.25) is 0 Å². The van der Waals surface area contributed by atoms with Gasteiger partial charge < -0.3 is 29.8 Å². The molecule has 4 aromatic rings. The maximum absolute atomic E-state index is 13.2.